The van der Waals surface area contributed by atoms with E-state index in [9.17, 15) is 18.0 Å². The smallest absolute Gasteiger partial charge is 0.253 e. The molecule has 0 aromatic heterocycles. The molecule has 2 saturated heterocycles. The van der Waals surface area contributed by atoms with Crippen LogP contribution in [0.15, 0.2) is 24.3 Å². The van der Waals surface area contributed by atoms with Gasteiger partial charge >= 0.3 is 0 Å². The van der Waals surface area contributed by atoms with Crippen molar-refractivity contribution in [3.63, 3.8) is 0 Å². The Hall–Kier alpha value is -1.97. The Balaban J connectivity index is 1.56. The van der Waals surface area contributed by atoms with Crippen molar-refractivity contribution >= 4 is 33.2 Å². The maximum atomic E-state index is 12.4. The van der Waals surface area contributed by atoms with Crippen LogP contribution in [-0.2, 0) is 24.3 Å². The van der Waals surface area contributed by atoms with Crippen molar-refractivity contribution in [1.82, 2.24) is 4.31 Å². The summed E-state index contributed by atoms with van der Waals surface area (Å²) in [6, 6.07) is 7.12. The molecule has 2 heterocycles. The Morgan fingerprint density at radius 1 is 1.15 bits per heavy atom. The number of hydrogen-bond acceptors (Lipinski definition) is 5. The highest BCUT2D eigenvalue weighted by Gasteiger charge is 2.29. The first kappa shape index (κ1) is 18.8. The average molecular weight is 381 g/mol. The topological polar surface area (TPSA) is 96.0 Å². The molecule has 8 nitrogen and oxygen atoms in total. The summed E-state index contributed by atoms with van der Waals surface area (Å²) in [5.74, 6) is -0.382. The monoisotopic (exact) mass is 381 g/mol. The average Bonchev–Trinajstić information content (AvgIpc) is 2.62. The van der Waals surface area contributed by atoms with E-state index < -0.39 is 10.0 Å². The number of nitrogens with one attached hydrogen (secondary N) is 1. The van der Waals surface area contributed by atoms with Gasteiger partial charge in [-0.3, -0.25) is 9.59 Å². The Bertz CT molecular complexity index is 770. The van der Waals surface area contributed by atoms with Gasteiger partial charge in [-0.25, -0.2) is 12.7 Å². The lowest BCUT2D eigenvalue weighted by Gasteiger charge is -2.29. The minimum atomic E-state index is -3.19. The van der Waals surface area contributed by atoms with Gasteiger partial charge in [0.05, 0.1) is 12.9 Å². The number of carbonyl (C=O) groups is 2. The zero-order valence-corrected chi connectivity index (χ0v) is 15.5. The number of ether oxygens (including phenoxy) is 1. The molecular weight excluding hydrogens is 358 g/mol. The molecule has 1 aromatic rings. The molecule has 142 valence electrons. The Labute approximate surface area is 153 Å². The number of carbonyl (C=O) groups excluding carboxylic acids is 2. The van der Waals surface area contributed by atoms with Gasteiger partial charge in [-0.2, -0.15) is 0 Å². The van der Waals surface area contributed by atoms with Crippen molar-refractivity contribution in [3.8, 4) is 0 Å². The van der Waals surface area contributed by atoms with E-state index in [1.54, 1.807) is 29.2 Å². The Morgan fingerprint density at radius 2 is 1.81 bits per heavy atom. The van der Waals surface area contributed by atoms with Crippen LogP contribution in [0.3, 0.4) is 0 Å². The van der Waals surface area contributed by atoms with E-state index in [1.807, 2.05) is 0 Å². The lowest BCUT2D eigenvalue weighted by molar-refractivity contribution is -0.125. The molecule has 26 heavy (non-hydrogen) atoms. The number of rotatable bonds is 4. The molecule has 2 fully saturated rings. The molecule has 0 saturated carbocycles. The quantitative estimate of drug-likeness (QED) is 0.827. The van der Waals surface area contributed by atoms with E-state index in [1.165, 1.54) is 10.6 Å². The number of hydrogen-bond donors (Lipinski definition) is 1. The third-order valence-electron chi connectivity index (χ3n) is 4.73. The molecule has 0 unspecified atom stereocenters. The maximum absolute atomic E-state index is 12.4. The summed E-state index contributed by atoms with van der Waals surface area (Å²) in [5.41, 5.74) is 1.43. The van der Waals surface area contributed by atoms with Crippen LogP contribution < -0.4 is 10.2 Å². The highest BCUT2D eigenvalue weighted by Crippen LogP contribution is 2.23. The highest BCUT2D eigenvalue weighted by atomic mass is 32.2. The fourth-order valence-corrected chi connectivity index (χ4v) is 4.08. The predicted molar refractivity (Wildman–Crippen MR) is 97.4 cm³/mol. The van der Waals surface area contributed by atoms with Gasteiger partial charge in [0, 0.05) is 36.9 Å². The second-order valence-corrected chi connectivity index (χ2v) is 8.55. The van der Waals surface area contributed by atoms with E-state index in [-0.39, 0.29) is 24.3 Å². The van der Waals surface area contributed by atoms with Crippen LogP contribution >= 0.6 is 0 Å². The van der Waals surface area contributed by atoms with Crippen molar-refractivity contribution < 1.29 is 22.7 Å². The van der Waals surface area contributed by atoms with Crippen LogP contribution in [-0.4, -0.2) is 63.6 Å². The zero-order valence-electron chi connectivity index (χ0n) is 14.7. The SMILES string of the molecule is CS(=O)(=O)N1CCC(C(=O)Nc2ccc(N3CCOCC3=O)cc2)CC1. The fraction of sp³-hybridized carbons (Fsp3) is 0.529. The van der Waals surface area contributed by atoms with Crippen LogP contribution in [0.4, 0.5) is 11.4 Å². The molecule has 9 heteroatoms. The molecule has 1 N–H and O–H groups in total. The summed E-state index contributed by atoms with van der Waals surface area (Å²) in [6.07, 6.45) is 2.21. The normalized spacial score (nSPS) is 20.2. The first-order chi connectivity index (χ1) is 12.3. The Kier molecular flexibility index (Phi) is 5.59. The molecule has 0 bridgehead atoms. The van der Waals surface area contributed by atoms with Crippen LogP contribution in [0.25, 0.3) is 0 Å². The summed E-state index contributed by atoms with van der Waals surface area (Å²) in [6.45, 7) is 1.86. The third kappa shape index (κ3) is 4.40. The molecule has 0 radical (unpaired) electrons. The summed E-state index contributed by atoms with van der Waals surface area (Å²) in [5, 5.41) is 2.87. The van der Waals surface area contributed by atoms with Gasteiger partial charge in [0.2, 0.25) is 15.9 Å². The maximum Gasteiger partial charge on any atom is 0.253 e. The molecule has 0 spiro atoms. The number of nitrogens with zero attached hydrogens (tertiary/aromatic N) is 2. The fourth-order valence-electron chi connectivity index (χ4n) is 3.21. The van der Waals surface area contributed by atoms with E-state index in [4.69, 9.17) is 4.74 Å². The molecule has 2 aliphatic rings. The van der Waals surface area contributed by atoms with Gasteiger partial charge in [-0.05, 0) is 37.1 Å². The largest absolute Gasteiger partial charge is 0.370 e. The van der Waals surface area contributed by atoms with Crippen LogP contribution in [0, 0.1) is 5.92 Å². The van der Waals surface area contributed by atoms with E-state index in [2.05, 4.69) is 5.32 Å². The summed E-state index contributed by atoms with van der Waals surface area (Å²) in [4.78, 5) is 25.9. The van der Waals surface area contributed by atoms with Crippen molar-refractivity contribution in [2.75, 3.05) is 49.3 Å². The molecule has 2 amide bonds. The second-order valence-electron chi connectivity index (χ2n) is 6.57. The standard InChI is InChI=1S/C17H23N3O5S/c1-26(23,24)19-8-6-13(7-9-19)17(22)18-14-2-4-15(5-3-14)20-10-11-25-12-16(20)21/h2-5,13H,6-12H2,1H3,(H,18,22). The van der Waals surface area contributed by atoms with Gasteiger partial charge in [0.25, 0.3) is 5.91 Å². The van der Waals surface area contributed by atoms with Crippen molar-refractivity contribution in [2.45, 2.75) is 12.8 Å². The summed E-state index contributed by atoms with van der Waals surface area (Å²) < 4.78 is 29.6. The lowest BCUT2D eigenvalue weighted by Crippen LogP contribution is -2.41. The molecule has 0 atom stereocenters. The molecular formula is C17H23N3O5S. The Morgan fingerprint density at radius 3 is 2.38 bits per heavy atom. The van der Waals surface area contributed by atoms with Gasteiger partial charge in [0.15, 0.2) is 0 Å². The first-order valence-electron chi connectivity index (χ1n) is 8.59. The van der Waals surface area contributed by atoms with Crippen molar-refractivity contribution in [1.29, 1.82) is 0 Å². The minimum absolute atomic E-state index is 0.0781. The number of anilines is 2. The number of morpholine rings is 1. The number of piperidine rings is 1. The predicted octanol–water partition coefficient (Wildman–Crippen LogP) is 0.660. The molecule has 2 aliphatic heterocycles. The third-order valence-corrected chi connectivity index (χ3v) is 6.03. The van der Waals surface area contributed by atoms with E-state index >= 15 is 0 Å². The molecule has 3 rings (SSSR count). The van der Waals surface area contributed by atoms with Crippen molar-refractivity contribution in [2.24, 2.45) is 5.92 Å². The zero-order chi connectivity index (χ0) is 18.7. The van der Waals surface area contributed by atoms with Crippen LogP contribution in [0.1, 0.15) is 12.8 Å². The lowest BCUT2D eigenvalue weighted by atomic mass is 9.97. The van der Waals surface area contributed by atoms with Crippen LogP contribution in [0.2, 0.25) is 0 Å². The van der Waals surface area contributed by atoms with Gasteiger partial charge < -0.3 is 15.0 Å². The molecule has 0 aliphatic carbocycles. The number of sulfonamides is 1. The minimum Gasteiger partial charge on any atom is -0.370 e. The van der Waals surface area contributed by atoms with Gasteiger partial charge in [-0.1, -0.05) is 0 Å². The summed E-state index contributed by atoms with van der Waals surface area (Å²) >= 11 is 0. The highest BCUT2D eigenvalue weighted by molar-refractivity contribution is 7.88. The van der Waals surface area contributed by atoms with Crippen molar-refractivity contribution in [3.05, 3.63) is 24.3 Å². The number of amides is 2. The van der Waals surface area contributed by atoms with E-state index in [0.29, 0.717) is 44.8 Å². The second kappa shape index (κ2) is 7.73. The summed E-state index contributed by atoms with van der Waals surface area (Å²) in [7, 11) is -3.19. The van der Waals surface area contributed by atoms with Gasteiger partial charge in [-0.15, -0.1) is 0 Å². The van der Waals surface area contributed by atoms with Crippen LogP contribution in [0.5, 0.6) is 0 Å². The first-order valence-corrected chi connectivity index (χ1v) is 10.4. The number of benzene rings is 1. The van der Waals surface area contributed by atoms with Gasteiger partial charge in [0.1, 0.15) is 6.61 Å². The van der Waals surface area contributed by atoms with E-state index in [0.717, 1.165) is 5.69 Å². The molecule has 1 aromatic carbocycles.